The average Bonchev–Trinajstić information content (AvgIpc) is 3.32. The number of β-amino-alcohol motifs (C(OH)–C–C–N with tert-alkyl or cyclic N) is 1. The van der Waals surface area contributed by atoms with Crippen molar-refractivity contribution in [2.24, 2.45) is 11.8 Å². The molecule has 34 heavy (non-hydrogen) atoms. The van der Waals surface area contributed by atoms with E-state index in [1.165, 1.54) is 4.90 Å². The van der Waals surface area contributed by atoms with E-state index in [1.807, 2.05) is 33.8 Å². The van der Waals surface area contributed by atoms with Gasteiger partial charge in [-0.3, -0.25) is 14.4 Å². The van der Waals surface area contributed by atoms with E-state index in [0.717, 1.165) is 12.8 Å². The number of carbonyl (C=O) groups excluding carboxylic acids is 3. The molecule has 3 saturated heterocycles. The molecule has 3 heterocycles. The normalized spacial score (nSPS) is 32.0. The Morgan fingerprint density at radius 3 is 2.56 bits per heavy atom. The van der Waals surface area contributed by atoms with Crippen molar-refractivity contribution >= 4 is 17.8 Å². The van der Waals surface area contributed by atoms with Gasteiger partial charge in [0.2, 0.25) is 11.8 Å². The first-order valence-electron chi connectivity index (χ1n) is 12.3. The molecule has 8 nitrogen and oxygen atoms in total. The highest BCUT2D eigenvalue weighted by Gasteiger charge is 2.78. The predicted octanol–water partition coefficient (Wildman–Crippen LogP) is 2.46. The fourth-order valence-corrected chi connectivity index (χ4v) is 6.04. The van der Waals surface area contributed by atoms with Gasteiger partial charge in [-0.1, -0.05) is 12.2 Å². The Kier molecular flexibility index (Phi) is 7.63. The molecule has 190 valence electrons. The summed E-state index contributed by atoms with van der Waals surface area (Å²) < 4.78 is 12.1. The van der Waals surface area contributed by atoms with Crippen molar-refractivity contribution < 1.29 is 29.0 Å². The number of rotatable bonds is 11. The molecule has 0 aliphatic carbocycles. The van der Waals surface area contributed by atoms with Crippen molar-refractivity contribution in [3.63, 3.8) is 0 Å². The summed E-state index contributed by atoms with van der Waals surface area (Å²) in [7, 11) is 0. The second kappa shape index (κ2) is 9.82. The maximum absolute atomic E-state index is 14.0. The number of allylic oxidation sites excluding steroid dienone is 1. The van der Waals surface area contributed by atoms with Crippen LogP contribution in [-0.2, 0) is 23.9 Å². The Labute approximate surface area is 202 Å². The Morgan fingerprint density at radius 2 is 1.97 bits per heavy atom. The lowest BCUT2D eigenvalue weighted by Gasteiger charge is -2.41. The summed E-state index contributed by atoms with van der Waals surface area (Å²) in [4.78, 5) is 44.0. The van der Waals surface area contributed by atoms with Crippen LogP contribution in [0.1, 0.15) is 59.8 Å². The number of esters is 1. The van der Waals surface area contributed by atoms with Crippen molar-refractivity contribution in [2.45, 2.75) is 82.6 Å². The van der Waals surface area contributed by atoms with Crippen LogP contribution in [0.3, 0.4) is 0 Å². The van der Waals surface area contributed by atoms with Crippen LogP contribution in [0.15, 0.2) is 25.3 Å². The molecule has 3 aliphatic rings. The van der Waals surface area contributed by atoms with Crippen molar-refractivity contribution in [1.29, 1.82) is 0 Å². The van der Waals surface area contributed by atoms with E-state index in [-0.39, 0.29) is 31.6 Å². The molecule has 5 atom stereocenters. The van der Waals surface area contributed by atoms with Gasteiger partial charge in [-0.15, -0.1) is 13.2 Å². The maximum atomic E-state index is 14.0. The zero-order valence-corrected chi connectivity index (χ0v) is 21.0. The standard InChI is InChI=1S/C26H40N2O6/c1-7-9-10-11-17-33-23(32)19-18-21(30)27(15-16-29)20(26(18)13-12-25(19,6)34-26)22(31)28(14-8-2)24(3,4)5/h7-8,18-20,29H,1-2,9-17H2,3-6H3/t18-,19-,20?,25+,26?/m0/s1. The van der Waals surface area contributed by atoms with Crippen LogP contribution < -0.4 is 0 Å². The molecular weight excluding hydrogens is 436 g/mol. The second-order valence-electron chi connectivity index (χ2n) is 10.8. The molecule has 2 amide bonds. The van der Waals surface area contributed by atoms with Gasteiger partial charge < -0.3 is 24.4 Å². The minimum Gasteiger partial charge on any atom is -0.465 e. The largest absolute Gasteiger partial charge is 0.465 e. The lowest BCUT2D eigenvalue weighted by molar-refractivity contribution is -0.161. The summed E-state index contributed by atoms with van der Waals surface area (Å²) in [6.45, 7) is 15.4. The number of ether oxygens (including phenoxy) is 2. The first-order valence-corrected chi connectivity index (χ1v) is 12.3. The Hall–Kier alpha value is -2.19. The molecule has 0 saturated carbocycles. The van der Waals surface area contributed by atoms with Gasteiger partial charge >= 0.3 is 5.97 Å². The molecule has 1 spiro atoms. The molecule has 0 aromatic carbocycles. The van der Waals surface area contributed by atoms with Gasteiger partial charge in [0.05, 0.1) is 24.7 Å². The molecular formula is C26H40N2O6. The van der Waals surface area contributed by atoms with Gasteiger partial charge in [0.25, 0.3) is 0 Å². The minimum absolute atomic E-state index is 0.00293. The third-order valence-corrected chi connectivity index (χ3v) is 7.54. The Morgan fingerprint density at radius 1 is 1.26 bits per heavy atom. The fourth-order valence-electron chi connectivity index (χ4n) is 6.04. The highest BCUT2D eigenvalue weighted by molar-refractivity contribution is 5.98. The highest BCUT2D eigenvalue weighted by Crippen LogP contribution is 2.63. The van der Waals surface area contributed by atoms with Crippen LogP contribution in [0.4, 0.5) is 0 Å². The molecule has 2 bridgehead atoms. The maximum Gasteiger partial charge on any atom is 0.312 e. The molecule has 8 heteroatoms. The van der Waals surface area contributed by atoms with E-state index in [9.17, 15) is 19.5 Å². The number of unbranched alkanes of at least 4 members (excludes halogenated alkanes) is 2. The molecule has 2 unspecified atom stereocenters. The molecule has 3 aliphatic heterocycles. The highest BCUT2D eigenvalue weighted by atomic mass is 16.6. The van der Waals surface area contributed by atoms with Gasteiger partial charge in [-0.05, 0) is 59.8 Å². The van der Waals surface area contributed by atoms with E-state index in [0.29, 0.717) is 25.8 Å². The quantitative estimate of drug-likeness (QED) is 0.280. The number of hydrogen-bond acceptors (Lipinski definition) is 6. The Bertz CT molecular complexity index is 836. The molecule has 0 radical (unpaired) electrons. The summed E-state index contributed by atoms with van der Waals surface area (Å²) in [5.41, 5.74) is -2.50. The van der Waals surface area contributed by atoms with E-state index in [4.69, 9.17) is 9.47 Å². The molecule has 3 fully saturated rings. The van der Waals surface area contributed by atoms with Crippen LogP contribution in [0.25, 0.3) is 0 Å². The molecule has 3 rings (SSSR count). The van der Waals surface area contributed by atoms with E-state index < -0.39 is 40.6 Å². The van der Waals surface area contributed by atoms with E-state index in [1.54, 1.807) is 11.0 Å². The number of amides is 2. The summed E-state index contributed by atoms with van der Waals surface area (Å²) >= 11 is 0. The molecule has 1 N–H and O–H groups in total. The van der Waals surface area contributed by atoms with Gasteiger partial charge in [0.15, 0.2) is 0 Å². The SMILES string of the molecule is C=CCCCCOC(=O)[C@@H]1[C@H]2C(=O)N(CCO)C(C(=O)N(CC=C)C(C)(C)C)C23CC[C@@]1(C)O3. The van der Waals surface area contributed by atoms with Crippen molar-refractivity contribution in [3.8, 4) is 0 Å². The van der Waals surface area contributed by atoms with Crippen LogP contribution in [0, 0.1) is 11.8 Å². The number of nitrogens with zero attached hydrogens (tertiary/aromatic N) is 2. The number of aliphatic hydroxyl groups is 1. The Balaban J connectivity index is 1.95. The first kappa shape index (κ1) is 26.4. The number of fused-ring (bicyclic) bond motifs is 1. The molecule has 0 aromatic heterocycles. The van der Waals surface area contributed by atoms with Gasteiger partial charge in [0.1, 0.15) is 17.6 Å². The van der Waals surface area contributed by atoms with Gasteiger partial charge in [-0.25, -0.2) is 0 Å². The lowest BCUT2D eigenvalue weighted by Crippen LogP contribution is -2.60. The predicted molar refractivity (Wildman–Crippen MR) is 128 cm³/mol. The first-order chi connectivity index (χ1) is 16.0. The summed E-state index contributed by atoms with van der Waals surface area (Å²) in [5, 5.41) is 9.71. The minimum atomic E-state index is -1.12. The second-order valence-corrected chi connectivity index (χ2v) is 10.8. The number of aliphatic hydroxyl groups excluding tert-OH is 1. The van der Waals surface area contributed by atoms with E-state index >= 15 is 0 Å². The molecule has 0 aromatic rings. The zero-order valence-electron chi connectivity index (χ0n) is 21.0. The summed E-state index contributed by atoms with van der Waals surface area (Å²) in [5.74, 6) is -2.61. The zero-order chi connectivity index (χ0) is 25.3. The van der Waals surface area contributed by atoms with Crippen LogP contribution in [-0.4, -0.2) is 81.8 Å². The summed E-state index contributed by atoms with van der Waals surface area (Å²) in [6, 6.07) is -0.913. The van der Waals surface area contributed by atoms with Crippen LogP contribution in [0.2, 0.25) is 0 Å². The number of carbonyl (C=O) groups is 3. The van der Waals surface area contributed by atoms with Gasteiger partial charge in [0, 0.05) is 18.6 Å². The monoisotopic (exact) mass is 476 g/mol. The lowest BCUT2D eigenvalue weighted by atomic mass is 9.66. The number of likely N-dealkylation sites (tertiary alicyclic amines) is 1. The van der Waals surface area contributed by atoms with Crippen LogP contribution >= 0.6 is 0 Å². The topological polar surface area (TPSA) is 96.4 Å². The van der Waals surface area contributed by atoms with Crippen LogP contribution in [0.5, 0.6) is 0 Å². The van der Waals surface area contributed by atoms with Crippen molar-refractivity contribution in [1.82, 2.24) is 9.80 Å². The van der Waals surface area contributed by atoms with Crippen molar-refractivity contribution in [2.75, 3.05) is 26.3 Å². The average molecular weight is 477 g/mol. The number of hydrogen-bond donors (Lipinski definition) is 1. The fraction of sp³-hybridized carbons (Fsp3) is 0.731. The third kappa shape index (κ3) is 4.31. The van der Waals surface area contributed by atoms with Gasteiger partial charge in [-0.2, -0.15) is 0 Å². The van der Waals surface area contributed by atoms with E-state index in [2.05, 4.69) is 13.2 Å². The third-order valence-electron chi connectivity index (χ3n) is 7.54. The van der Waals surface area contributed by atoms with Crippen molar-refractivity contribution in [3.05, 3.63) is 25.3 Å². The summed E-state index contributed by atoms with van der Waals surface area (Å²) in [6.07, 6.45) is 6.97. The smallest absolute Gasteiger partial charge is 0.312 e.